The zero-order valence-electron chi connectivity index (χ0n) is 13.1. The number of rotatable bonds is 7. The van der Waals surface area contributed by atoms with E-state index in [4.69, 9.17) is 0 Å². The highest BCUT2D eigenvalue weighted by molar-refractivity contribution is 7.11. The molecule has 0 spiro atoms. The van der Waals surface area contributed by atoms with Crippen molar-refractivity contribution in [1.29, 1.82) is 0 Å². The SMILES string of the molecule is CC(C)CNCc1cnc(CCN2CCN(C)CC2)s1. The van der Waals surface area contributed by atoms with E-state index < -0.39 is 0 Å². The van der Waals surface area contributed by atoms with Crippen molar-refractivity contribution in [2.24, 2.45) is 5.92 Å². The summed E-state index contributed by atoms with van der Waals surface area (Å²) in [6.45, 7) is 12.5. The molecular weight excluding hydrogens is 268 g/mol. The predicted octanol–water partition coefficient (Wildman–Crippen LogP) is 1.68. The maximum absolute atomic E-state index is 4.55. The van der Waals surface area contributed by atoms with E-state index in [1.165, 1.54) is 36.1 Å². The van der Waals surface area contributed by atoms with Crippen molar-refractivity contribution < 1.29 is 0 Å². The molecule has 1 aromatic heterocycles. The van der Waals surface area contributed by atoms with E-state index in [9.17, 15) is 0 Å². The van der Waals surface area contributed by atoms with Gasteiger partial charge < -0.3 is 15.1 Å². The molecule has 0 aliphatic carbocycles. The van der Waals surface area contributed by atoms with Crippen molar-refractivity contribution in [2.45, 2.75) is 26.8 Å². The van der Waals surface area contributed by atoms with Gasteiger partial charge in [-0.3, -0.25) is 0 Å². The molecule has 5 heteroatoms. The Morgan fingerprint density at radius 1 is 1.30 bits per heavy atom. The molecule has 1 aliphatic rings. The van der Waals surface area contributed by atoms with Crippen molar-refractivity contribution in [3.05, 3.63) is 16.1 Å². The first-order valence-corrected chi connectivity index (χ1v) is 8.50. The Morgan fingerprint density at radius 3 is 2.75 bits per heavy atom. The van der Waals surface area contributed by atoms with Crippen LogP contribution in [0.4, 0.5) is 0 Å². The lowest BCUT2D eigenvalue weighted by Crippen LogP contribution is -2.45. The van der Waals surface area contributed by atoms with E-state index in [0.717, 1.165) is 26.1 Å². The number of aromatic nitrogens is 1. The van der Waals surface area contributed by atoms with Crippen LogP contribution in [0.5, 0.6) is 0 Å². The van der Waals surface area contributed by atoms with E-state index in [1.807, 2.05) is 17.5 Å². The van der Waals surface area contributed by atoms with E-state index in [2.05, 4.69) is 41.0 Å². The fraction of sp³-hybridized carbons (Fsp3) is 0.800. The summed E-state index contributed by atoms with van der Waals surface area (Å²) in [5.74, 6) is 0.708. The molecule has 0 radical (unpaired) electrons. The highest BCUT2D eigenvalue weighted by Crippen LogP contribution is 2.14. The standard InChI is InChI=1S/C15H28N4S/c1-13(2)10-16-11-14-12-17-15(20-14)4-5-19-8-6-18(3)7-9-19/h12-13,16H,4-11H2,1-3H3. The Balaban J connectivity index is 1.67. The second-order valence-corrected chi connectivity index (χ2v) is 7.34. The molecule has 1 N–H and O–H groups in total. The minimum Gasteiger partial charge on any atom is -0.312 e. The monoisotopic (exact) mass is 296 g/mol. The summed E-state index contributed by atoms with van der Waals surface area (Å²) in [6, 6.07) is 0. The molecule has 2 heterocycles. The molecule has 4 nitrogen and oxygen atoms in total. The summed E-state index contributed by atoms with van der Waals surface area (Å²) < 4.78 is 0. The molecule has 0 unspecified atom stereocenters. The van der Waals surface area contributed by atoms with Gasteiger partial charge in [-0.1, -0.05) is 13.8 Å². The van der Waals surface area contributed by atoms with Gasteiger partial charge in [-0.05, 0) is 19.5 Å². The largest absolute Gasteiger partial charge is 0.312 e. The van der Waals surface area contributed by atoms with Crippen molar-refractivity contribution >= 4 is 11.3 Å². The smallest absolute Gasteiger partial charge is 0.0940 e. The van der Waals surface area contributed by atoms with Crippen LogP contribution in [0.15, 0.2) is 6.20 Å². The summed E-state index contributed by atoms with van der Waals surface area (Å²) in [6.07, 6.45) is 3.13. The summed E-state index contributed by atoms with van der Waals surface area (Å²) >= 11 is 1.86. The van der Waals surface area contributed by atoms with E-state index in [0.29, 0.717) is 5.92 Å². The molecule has 0 saturated carbocycles. The van der Waals surface area contributed by atoms with Crippen LogP contribution in [0.1, 0.15) is 23.7 Å². The first-order chi connectivity index (χ1) is 9.63. The maximum Gasteiger partial charge on any atom is 0.0940 e. The van der Waals surface area contributed by atoms with Crippen molar-refractivity contribution in [1.82, 2.24) is 20.1 Å². The van der Waals surface area contributed by atoms with Gasteiger partial charge in [-0.2, -0.15) is 0 Å². The first-order valence-electron chi connectivity index (χ1n) is 7.68. The predicted molar refractivity (Wildman–Crippen MR) is 86.3 cm³/mol. The third-order valence-electron chi connectivity index (χ3n) is 3.69. The Hall–Kier alpha value is -0.490. The lowest BCUT2D eigenvalue weighted by atomic mass is 10.2. The Morgan fingerprint density at radius 2 is 2.05 bits per heavy atom. The molecule has 1 fully saturated rings. The fourth-order valence-corrected chi connectivity index (χ4v) is 3.24. The van der Waals surface area contributed by atoms with Gasteiger partial charge >= 0.3 is 0 Å². The Kier molecular flexibility index (Phi) is 6.42. The average molecular weight is 296 g/mol. The number of hydrogen-bond donors (Lipinski definition) is 1. The van der Waals surface area contributed by atoms with Gasteiger partial charge in [0.1, 0.15) is 0 Å². The molecule has 1 aromatic rings. The normalized spacial score (nSPS) is 18.0. The molecule has 20 heavy (non-hydrogen) atoms. The van der Waals surface area contributed by atoms with Crippen LogP contribution in [0.2, 0.25) is 0 Å². The van der Waals surface area contributed by atoms with Gasteiger partial charge in [0.05, 0.1) is 5.01 Å². The lowest BCUT2D eigenvalue weighted by Gasteiger charge is -2.32. The lowest BCUT2D eigenvalue weighted by molar-refractivity contribution is 0.155. The van der Waals surface area contributed by atoms with Gasteiger partial charge in [0.25, 0.3) is 0 Å². The number of hydrogen-bond acceptors (Lipinski definition) is 5. The third-order valence-corrected chi connectivity index (χ3v) is 4.75. The van der Waals surface area contributed by atoms with Crippen LogP contribution >= 0.6 is 11.3 Å². The molecule has 0 atom stereocenters. The minimum atomic E-state index is 0.708. The van der Waals surface area contributed by atoms with Gasteiger partial charge in [-0.15, -0.1) is 11.3 Å². The van der Waals surface area contributed by atoms with Gasteiger partial charge in [0, 0.05) is 56.8 Å². The second-order valence-electron chi connectivity index (χ2n) is 6.14. The summed E-state index contributed by atoms with van der Waals surface area (Å²) in [5, 5.41) is 4.76. The highest BCUT2D eigenvalue weighted by atomic mass is 32.1. The molecule has 0 bridgehead atoms. The number of nitrogens with zero attached hydrogens (tertiary/aromatic N) is 3. The summed E-state index contributed by atoms with van der Waals surface area (Å²) in [4.78, 5) is 10.9. The quantitative estimate of drug-likeness (QED) is 0.829. The number of likely N-dealkylation sites (N-methyl/N-ethyl adjacent to an activating group) is 1. The molecule has 1 aliphatic heterocycles. The Bertz CT molecular complexity index is 383. The van der Waals surface area contributed by atoms with Crippen molar-refractivity contribution in [3.63, 3.8) is 0 Å². The van der Waals surface area contributed by atoms with E-state index in [1.54, 1.807) is 0 Å². The number of piperazine rings is 1. The van der Waals surface area contributed by atoms with Crippen LogP contribution in [0.25, 0.3) is 0 Å². The molecule has 0 amide bonds. The van der Waals surface area contributed by atoms with Crippen LogP contribution < -0.4 is 5.32 Å². The van der Waals surface area contributed by atoms with E-state index in [-0.39, 0.29) is 0 Å². The minimum absolute atomic E-state index is 0.708. The molecule has 114 valence electrons. The topological polar surface area (TPSA) is 31.4 Å². The third kappa shape index (κ3) is 5.48. The highest BCUT2D eigenvalue weighted by Gasteiger charge is 2.13. The van der Waals surface area contributed by atoms with Crippen LogP contribution in [-0.2, 0) is 13.0 Å². The van der Waals surface area contributed by atoms with Crippen LogP contribution in [0.3, 0.4) is 0 Å². The van der Waals surface area contributed by atoms with Gasteiger partial charge in [0.2, 0.25) is 0 Å². The second kappa shape index (κ2) is 8.08. The van der Waals surface area contributed by atoms with Crippen LogP contribution in [0, 0.1) is 5.92 Å². The average Bonchev–Trinajstić information content (AvgIpc) is 2.86. The summed E-state index contributed by atoms with van der Waals surface area (Å²) in [7, 11) is 2.20. The molecule has 1 saturated heterocycles. The first kappa shape index (κ1) is 15.9. The fourth-order valence-electron chi connectivity index (χ4n) is 2.35. The maximum atomic E-state index is 4.55. The summed E-state index contributed by atoms with van der Waals surface area (Å²) in [5.41, 5.74) is 0. The molecule has 0 aromatic carbocycles. The van der Waals surface area contributed by atoms with Gasteiger partial charge in [-0.25, -0.2) is 4.98 Å². The van der Waals surface area contributed by atoms with Crippen LogP contribution in [-0.4, -0.2) is 61.1 Å². The Labute approximate surface area is 127 Å². The number of nitrogens with one attached hydrogen (secondary N) is 1. The van der Waals surface area contributed by atoms with E-state index >= 15 is 0 Å². The molecule has 2 rings (SSSR count). The zero-order valence-corrected chi connectivity index (χ0v) is 13.9. The van der Waals surface area contributed by atoms with Crippen molar-refractivity contribution in [3.8, 4) is 0 Å². The zero-order chi connectivity index (χ0) is 14.4. The molecular formula is C15H28N4S. The number of thiazole rings is 1. The van der Waals surface area contributed by atoms with Gasteiger partial charge in [0.15, 0.2) is 0 Å². The van der Waals surface area contributed by atoms with Crippen molar-refractivity contribution in [2.75, 3.05) is 46.3 Å².